The van der Waals surface area contributed by atoms with Crippen LogP contribution < -0.4 is 4.57 Å². The van der Waals surface area contributed by atoms with E-state index in [1.54, 1.807) is 0 Å². The number of hydrogen-bond donors (Lipinski definition) is 0. The number of nitrogens with zero attached hydrogens (tertiary/aromatic N) is 2. The number of aliphatic imine (C=N–C) groups is 1. The molecule has 0 fully saturated rings. The van der Waals surface area contributed by atoms with Crippen molar-refractivity contribution in [3.8, 4) is 34.2 Å². The molecule has 1 aliphatic carbocycles. The summed E-state index contributed by atoms with van der Waals surface area (Å²) >= 11 is 0. The number of fused-ring (bicyclic) bond motifs is 3. The summed E-state index contributed by atoms with van der Waals surface area (Å²) in [5.74, 6) is 6.51. The lowest BCUT2D eigenvalue weighted by molar-refractivity contribution is -0.672. The first-order valence-electron chi connectivity index (χ1n) is 14.4. The van der Waals surface area contributed by atoms with Crippen molar-refractivity contribution in [2.45, 2.75) is 60.4 Å². The summed E-state index contributed by atoms with van der Waals surface area (Å²) in [6.07, 6.45) is 20.0. The van der Waals surface area contributed by atoms with Crippen molar-refractivity contribution in [3.05, 3.63) is 127 Å². The third kappa shape index (κ3) is 8.65. The Hall–Kier alpha value is -4.22. The molecule has 2 aromatic carbocycles. The van der Waals surface area contributed by atoms with E-state index in [0.717, 1.165) is 18.7 Å². The average Bonchev–Trinajstić information content (AvgIpc) is 3.38. The zero-order chi connectivity index (χ0) is 28.6. The molecule has 0 radical (unpaired) electrons. The van der Waals surface area contributed by atoms with Gasteiger partial charge in [0.25, 0.3) is 0 Å². The highest BCUT2D eigenvalue weighted by atomic mass is 15.0. The second-order valence-corrected chi connectivity index (χ2v) is 9.67. The molecule has 0 bridgehead atoms. The van der Waals surface area contributed by atoms with Crippen LogP contribution in [0.25, 0.3) is 22.4 Å². The summed E-state index contributed by atoms with van der Waals surface area (Å²) in [4.78, 5) is 4.36. The summed E-state index contributed by atoms with van der Waals surface area (Å²) in [5.41, 5.74) is 8.94. The topological polar surface area (TPSA) is 16.2 Å². The molecule has 5 rings (SSSR count). The summed E-state index contributed by atoms with van der Waals surface area (Å²) < 4.78 is 2.32. The molecule has 0 saturated heterocycles. The number of benzene rings is 2. The predicted octanol–water partition coefficient (Wildman–Crippen LogP) is 9.54. The highest BCUT2D eigenvalue weighted by Gasteiger charge is 2.25. The molecule has 3 aromatic rings. The van der Waals surface area contributed by atoms with Gasteiger partial charge < -0.3 is 0 Å². The first-order chi connectivity index (χ1) is 19.6. The van der Waals surface area contributed by atoms with Crippen LogP contribution in [0.4, 0.5) is 0 Å². The predicted molar refractivity (Wildman–Crippen MR) is 173 cm³/mol. The van der Waals surface area contributed by atoms with Crippen molar-refractivity contribution in [2.75, 3.05) is 0 Å². The molecule has 1 unspecified atom stereocenters. The van der Waals surface area contributed by atoms with Crippen molar-refractivity contribution in [3.63, 3.8) is 0 Å². The molecular formula is C38H43N2+. The average molecular weight is 528 g/mol. The Morgan fingerprint density at radius 2 is 1.70 bits per heavy atom. The summed E-state index contributed by atoms with van der Waals surface area (Å²) in [6.45, 7) is 11.2. The van der Waals surface area contributed by atoms with Gasteiger partial charge in [-0.25, -0.2) is 0 Å². The van der Waals surface area contributed by atoms with E-state index in [0.29, 0.717) is 5.92 Å². The van der Waals surface area contributed by atoms with Crippen LogP contribution in [0.3, 0.4) is 0 Å². The quantitative estimate of drug-likeness (QED) is 0.106. The van der Waals surface area contributed by atoms with Gasteiger partial charge in [0.2, 0.25) is 5.69 Å². The van der Waals surface area contributed by atoms with Gasteiger partial charge in [-0.05, 0) is 62.8 Å². The maximum absolute atomic E-state index is 4.36. The Balaban J connectivity index is 0.000000188. The molecule has 1 aromatic heterocycles. The molecule has 1 atom stereocenters. The number of pyridine rings is 1. The Morgan fingerprint density at radius 1 is 0.975 bits per heavy atom. The molecule has 0 N–H and O–H groups in total. The highest BCUT2D eigenvalue weighted by molar-refractivity contribution is 6.00. The fourth-order valence-electron chi connectivity index (χ4n) is 4.71. The standard InChI is InChI=1S/C18H14N.C14H17N.C6H12/c1-2-6-14(7-3-1)15-10-11-19-13-16-8-4-5-9-17(16)18(19)12-15;1-4-8-13-9-6-7-10-14(13)12(3)15-11-5-2;1-3-5-6-4-2/h1-12H,13H2;5-7,10-11,13H,9H2,1-3H3;5-6H,3-4H2,1-2H3/q+1;;/b;11-5-,15-12?;. The summed E-state index contributed by atoms with van der Waals surface area (Å²) in [5, 5.41) is 0. The maximum Gasteiger partial charge on any atom is 0.213 e. The van der Waals surface area contributed by atoms with Crippen molar-refractivity contribution in [1.82, 2.24) is 0 Å². The van der Waals surface area contributed by atoms with Crippen LogP contribution >= 0.6 is 0 Å². The Kier molecular flexibility index (Phi) is 12.6. The minimum Gasteiger partial charge on any atom is -0.262 e. The van der Waals surface area contributed by atoms with Gasteiger partial charge in [0, 0.05) is 29.6 Å². The molecule has 40 heavy (non-hydrogen) atoms. The van der Waals surface area contributed by atoms with Crippen molar-refractivity contribution >= 4 is 5.71 Å². The van der Waals surface area contributed by atoms with E-state index in [-0.39, 0.29) is 0 Å². The van der Waals surface area contributed by atoms with Crippen molar-refractivity contribution in [2.24, 2.45) is 10.9 Å². The summed E-state index contributed by atoms with van der Waals surface area (Å²) in [7, 11) is 0. The molecule has 2 heteroatoms. The molecule has 1 aliphatic heterocycles. The van der Waals surface area contributed by atoms with Crippen LogP contribution in [0.2, 0.25) is 0 Å². The lowest BCUT2D eigenvalue weighted by Gasteiger charge is -2.15. The second kappa shape index (κ2) is 16.7. The number of rotatable bonds is 5. The van der Waals surface area contributed by atoms with Crippen LogP contribution in [0.5, 0.6) is 0 Å². The van der Waals surface area contributed by atoms with Gasteiger partial charge in [-0.3, -0.25) is 4.99 Å². The van der Waals surface area contributed by atoms with E-state index in [2.05, 4.69) is 139 Å². The second-order valence-electron chi connectivity index (χ2n) is 9.67. The van der Waals surface area contributed by atoms with Crippen molar-refractivity contribution in [1.29, 1.82) is 0 Å². The minimum atomic E-state index is 0.314. The van der Waals surface area contributed by atoms with Gasteiger partial charge in [0.1, 0.15) is 0 Å². The van der Waals surface area contributed by atoms with Crippen LogP contribution in [-0.2, 0) is 6.54 Å². The number of allylic oxidation sites excluding steroid dienone is 7. The zero-order valence-corrected chi connectivity index (χ0v) is 24.8. The first kappa shape index (κ1) is 30.3. The third-order valence-corrected chi connectivity index (χ3v) is 6.73. The molecular weight excluding hydrogens is 484 g/mol. The Bertz CT molecular complexity index is 1430. The fraction of sp³-hybridized carbons (Fsp3) is 0.263. The normalized spacial score (nSPS) is 15.2. The third-order valence-electron chi connectivity index (χ3n) is 6.73. The van der Waals surface area contributed by atoms with Crippen LogP contribution in [0, 0.1) is 17.8 Å². The lowest BCUT2D eigenvalue weighted by Crippen LogP contribution is -2.31. The number of hydrogen-bond acceptors (Lipinski definition) is 1. The maximum atomic E-state index is 4.36. The van der Waals surface area contributed by atoms with E-state index >= 15 is 0 Å². The van der Waals surface area contributed by atoms with E-state index in [9.17, 15) is 0 Å². The molecule has 0 spiro atoms. The van der Waals surface area contributed by atoms with Gasteiger partial charge in [-0.15, -0.1) is 5.92 Å². The summed E-state index contributed by atoms with van der Waals surface area (Å²) in [6, 6.07) is 23.7. The molecule has 204 valence electrons. The van der Waals surface area contributed by atoms with Crippen LogP contribution in [0.15, 0.2) is 126 Å². The molecule has 0 amide bonds. The fourth-order valence-corrected chi connectivity index (χ4v) is 4.71. The van der Waals surface area contributed by atoms with Crippen LogP contribution in [0.1, 0.15) is 59.4 Å². The van der Waals surface area contributed by atoms with Gasteiger partial charge in [-0.2, -0.15) is 4.57 Å². The zero-order valence-electron chi connectivity index (χ0n) is 24.8. The largest absolute Gasteiger partial charge is 0.262 e. The van der Waals surface area contributed by atoms with Crippen LogP contribution in [-0.4, -0.2) is 5.71 Å². The number of aromatic nitrogens is 1. The Morgan fingerprint density at radius 3 is 2.40 bits per heavy atom. The van der Waals surface area contributed by atoms with Gasteiger partial charge in [0.05, 0.1) is 11.5 Å². The highest BCUT2D eigenvalue weighted by Crippen LogP contribution is 2.29. The molecule has 2 aliphatic rings. The molecule has 0 saturated carbocycles. The SMILES string of the molecule is CC#CC1CC=CC=C1C(C)=N/C=C\C.CCC=CCC.c1ccc(-c2cc[n+]3c(c2)-c2ccccc2C3)cc1. The molecule has 2 heterocycles. The van der Waals surface area contributed by atoms with E-state index in [4.69, 9.17) is 0 Å². The van der Waals surface area contributed by atoms with E-state index in [1.165, 1.54) is 46.4 Å². The minimum absolute atomic E-state index is 0.314. The monoisotopic (exact) mass is 527 g/mol. The van der Waals surface area contributed by atoms with Gasteiger partial charge in [-0.1, -0.05) is 105 Å². The van der Waals surface area contributed by atoms with E-state index in [1.807, 2.05) is 33.0 Å². The lowest BCUT2D eigenvalue weighted by atomic mass is 9.89. The first-order valence-corrected chi connectivity index (χ1v) is 14.4. The van der Waals surface area contributed by atoms with Gasteiger partial charge in [0.15, 0.2) is 12.7 Å². The van der Waals surface area contributed by atoms with Crippen molar-refractivity contribution < 1.29 is 4.57 Å². The molecule has 2 nitrogen and oxygen atoms in total. The van der Waals surface area contributed by atoms with Gasteiger partial charge >= 0.3 is 0 Å². The van der Waals surface area contributed by atoms with E-state index < -0.39 is 0 Å². The Labute approximate surface area is 242 Å². The smallest absolute Gasteiger partial charge is 0.213 e.